The van der Waals surface area contributed by atoms with Crippen LogP contribution in [0.3, 0.4) is 0 Å². The summed E-state index contributed by atoms with van der Waals surface area (Å²) in [6.45, 7) is 3.99. The lowest BCUT2D eigenvalue weighted by atomic mass is 10.0. The van der Waals surface area contributed by atoms with Crippen LogP contribution < -0.4 is 16.2 Å². The van der Waals surface area contributed by atoms with Gasteiger partial charge in [-0.05, 0) is 32.0 Å². The van der Waals surface area contributed by atoms with Gasteiger partial charge in [-0.25, -0.2) is 10.4 Å². The van der Waals surface area contributed by atoms with Crippen molar-refractivity contribution in [3.8, 4) is 0 Å². The highest BCUT2D eigenvalue weighted by atomic mass is 16.2. The summed E-state index contributed by atoms with van der Waals surface area (Å²) in [5, 5.41) is 1.57. The number of amides is 1. The second-order valence-electron chi connectivity index (χ2n) is 4.50. The number of carbonyl (C=O) groups is 1. The SMILES string of the molecule is CC1(C)CC(=O)N(c2cccc(N)c2)N1. The molecule has 0 aromatic heterocycles. The monoisotopic (exact) mass is 205 g/mol. The van der Waals surface area contributed by atoms with E-state index in [1.54, 1.807) is 17.1 Å². The lowest BCUT2D eigenvalue weighted by Gasteiger charge is -2.21. The Morgan fingerprint density at radius 2 is 2.20 bits per heavy atom. The first-order valence-electron chi connectivity index (χ1n) is 4.94. The third-order valence-electron chi connectivity index (χ3n) is 2.39. The van der Waals surface area contributed by atoms with Gasteiger partial charge in [0.2, 0.25) is 5.91 Å². The summed E-state index contributed by atoms with van der Waals surface area (Å²) in [4.78, 5) is 11.7. The highest BCUT2D eigenvalue weighted by Gasteiger charge is 2.35. The van der Waals surface area contributed by atoms with Gasteiger partial charge in [0.15, 0.2) is 0 Å². The quantitative estimate of drug-likeness (QED) is 0.679. The molecule has 1 heterocycles. The van der Waals surface area contributed by atoms with E-state index in [0.29, 0.717) is 12.1 Å². The van der Waals surface area contributed by atoms with Crippen molar-refractivity contribution in [2.45, 2.75) is 25.8 Å². The number of hydrogen-bond donors (Lipinski definition) is 2. The summed E-state index contributed by atoms with van der Waals surface area (Å²) in [6.07, 6.45) is 0.502. The fourth-order valence-electron chi connectivity index (χ4n) is 1.73. The zero-order valence-corrected chi connectivity index (χ0v) is 8.95. The van der Waals surface area contributed by atoms with E-state index < -0.39 is 0 Å². The number of nitrogen functional groups attached to an aromatic ring is 1. The Morgan fingerprint density at radius 3 is 2.73 bits per heavy atom. The highest BCUT2D eigenvalue weighted by molar-refractivity contribution is 5.95. The Labute approximate surface area is 89.0 Å². The molecule has 1 aromatic carbocycles. The van der Waals surface area contributed by atoms with Crippen molar-refractivity contribution in [2.75, 3.05) is 10.7 Å². The first-order chi connectivity index (χ1) is 6.98. The van der Waals surface area contributed by atoms with E-state index in [-0.39, 0.29) is 11.4 Å². The normalized spacial score (nSPS) is 19.6. The first kappa shape index (κ1) is 9.98. The molecule has 0 unspecified atom stereocenters. The van der Waals surface area contributed by atoms with Gasteiger partial charge in [0.1, 0.15) is 0 Å². The van der Waals surface area contributed by atoms with Gasteiger partial charge in [-0.2, -0.15) is 0 Å². The Balaban J connectivity index is 2.29. The number of hydrogen-bond acceptors (Lipinski definition) is 3. The van der Waals surface area contributed by atoms with E-state index in [0.717, 1.165) is 5.69 Å². The Morgan fingerprint density at radius 1 is 1.47 bits per heavy atom. The van der Waals surface area contributed by atoms with Gasteiger partial charge in [0.05, 0.1) is 5.69 Å². The second kappa shape index (κ2) is 3.24. The molecule has 0 saturated carbocycles. The smallest absolute Gasteiger partial charge is 0.243 e. The zero-order valence-electron chi connectivity index (χ0n) is 8.95. The van der Waals surface area contributed by atoms with Crippen molar-refractivity contribution in [2.24, 2.45) is 0 Å². The summed E-state index contributed by atoms with van der Waals surface area (Å²) in [5.41, 5.74) is 10.1. The Hall–Kier alpha value is -1.55. The number of benzene rings is 1. The minimum Gasteiger partial charge on any atom is -0.399 e. The molecule has 0 aliphatic carbocycles. The second-order valence-corrected chi connectivity index (χ2v) is 4.50. The molecule has 15 heavy (non-hydrogen) atoms. The molecule has 4 heteroatoms. The Bertz CT molecular complexity index is 401. The van der Waals surface area contributed by atoms with E-state index in [1.807, 2.05) is 26.0 Å². The molecule has 1 aliphatic rings. The topological polar surface area (TPSA) is 58.4 Å². The Kier molecular flexibility index (Phi) is 2.16. The van der Waals surface area contributed by atoms with Crippen LogP contribution in [-0.2, 0) is 4.79 Å². The van der Waals surface area contributed by atoms with Crippen molar-refractivity contribution in [3.05, 3.63) is 24.3 Å². The standard InChI is InChI=1S/C11H15N3O/c1-11(2)7-10(15)14(13-11)9-5-3-4-8(12)6-9/h3-6,13H,7,12H2,1-2H3. The fraction of sp³-hybridized carbons (Fsp3) is 0.364. The third kappa shape index (κ3) is 1.94. The summed E-state index contributed by atoms with van der Waals surface area (Å²) in [6, 6.07) is 7.29. The molecule has 0 radical (unpaired) electrons. The van der Waals surface area contributed by atoms with Crippen LogP contribution in [0.4, 0.5) is 11.4 Å². The molecular formula is C11H15N3O. The molecule has 1 fully saturated rings. The molecule has 1 aromatic rings. The molecule has 2 rings (SSSR count). The maximum atomic E-state index is 11.7. The van der Waals surface area contributed by atoms with Gasteiger partial charge < -0.3 is 5.73 Å². The van der Waals surface area contributed by atoms with Crippen molar-refractivity contribution in [1.29, 1.82) is 0 Å². The van der Waals surface area contributed by atoms with E-state index in [1.165, 1.54) is 0 Å². The molecule has 0 spiro atoms. The molecule has 0 atom stereocenters. The van der Waals surface area contributed by atoms with Gasteiger partial charge in [0, 0.05) is 17.6 Å². The van der Waals surface area contributed by atoms with Crippen molar-refractivity contribution in [1.82, 2.24) is 5.43 Å². The van der Waals surface area contributed by atoms with Gasteiger partial charge in [-0.3, -0.25) is 4.79 Å². The van der Waals surface area contributed by atoms with Crippen LogP contribution in [0.2, 0.25) is 0 Å². The maximum Gasteiger partial charge on any atom is 0.243 e. The number of hydrazine groups is 1. The third-order valence-corrected chi connectivity index (χ3v) is 2.39. The van der Waals surface area contributed by atoms with Gasteiger partial charge >= 0.3 is 0 Å². The van der Waals surface area contributed by atoms with Gasteiger partial charge in [-0.15, -0.1) is 0 Å². The number of nitrogens with one attached hydrogen (secondary N) is 1. The minimum atomic E-state index is -0.179. The van der Waals surface area contributed by atoms with Crippen LogP contribution in [0.15, 0.2) is 24.3 Å². The fourth-order valence-corrected chi connectivity index (χ4v) is 1.73. The lowest BCUT2D eigenvalue weighted by molar-refractivity contribution is -0.117. The summed E-state index contributed by atoms with van der Waals surface area (Å²) >= 11 is 0. The van der Waals surface area contributed by atoms with E-state index in [4.69, 9.17) is 5.73 Å². The largest absolute Gasteiger partial charge is 0.399 e. The minimum absolute atomic E-state index is 0.0746. The van der Waals surface area contributed by atoms with Crippen molar-refractivity contribution in [3.63, 3.8) is 0 Å². The summed E-state index contributed by atoms with van der Waals surface area (Å²) < 4.78 is 0. The molecule has 80 valence electrons. The van der Waals surface area contributed by atoms with Crippen LogP contribution >= 0.6 is 0 Å². The predicted octanol–water partition coefficient (Wildman–Crippen LogP) is 1.29. The van der Waals surface area contributed by atoms with Crippen molar-refractivity contribution >= 4 is 17.3 Å². The van der Waals surface area contributed by atoms with Crippen LogP contribution in [0.5, 0.6) is 0 Å². The van der Waals surface area contributed by atoms with E-state index in [2.05, 4.69) is 5.43 Å². The number of nitrogens with zero attached hydrogens (tertiary/aromatic N) is 1. The predicted molar refractivity (Wildman–Crippen MR) is 60.2 cm³/mol. The molecule has 1 saturated heterocycles. The average molecular weight is 205 g/mol. The number of nitrogens with two attached hydrogens (primary N) is 1. The van der Waals surface area contributed by atoms with Gasteiger partial charge in [0.25, 0.3) is 0 Å². The average Bonchev–Trinajstić information content (AvgIpc) is 2.40. The van der Waals surface area contributed by atoms with E-state index >= 15 is 0 Å². The number of carbonyl (C=O) groups excluding carboxylic acids is 1. The van der Waals surface area contributed by atoms with E-state index in [9.17, 15) is 4.79 Å². The molecule has 3 N–H and O–H groups in total. The molecular weight excluding hydrogens is 190 g/mol. The van der Waals surface area contributed by atoms with Crippen molar-refractivity contribution < 1.29 is 4.79 Å². The van der Waals surface area contributed by atoms with Gasteiger partial charge in [-0.1, -0.05) is 6.07 Å². The van der Waals surface area contributed by atoms with Crippen LogP contribution in [-0.4, -0.2) is 11.4 Å². The molecule has 4 nitrogen and oxygen atoms in total. The zero-order chi connectivity index (χ0) is 11.1. The molecule has 1 aliphatic heterocycles. The van der Waals surface area contributed by atoms with Crippen LogP contribution in [0.25, 0.3) is 0 Å². The molecule has 0 bridgehead atoms. The van der Waals surface area contributed by atoms with Crippen LogP contribution in [0.1, 0.15) is 20.3 Å². The molecule has 1 amide bonds. The van der Waals surface area contributed by atoms with Crippen LogP contribution in [0, 0.1) is 0 Å². The summed E-state index contributed by atoms with van der Waals surface area (Å²) in [7, 11) is 0. The maximum absolute atomic E-state index is 11.7. The first-order valence-corrected chi connectivity index (χ1v) is 4.94. The number of rotatable bonds is 1. The highest BCUT2D eigenvalue weighted by Crippen LogP contribution is 2.25. The number of anilines is 2. The lowest BCUT2D eigenvalue weighted by Crippen LogP contribution is -2.42. The summed E-state index contributed by atoms with van der Waals surface area (Å²) in [5.74, 6) is 0.0746.